The van der Waals surface area contributed by atoms with E-state index < -0.39 is 56.4 Å². The number of esters is 1. The minimum atomic E-state index is -4.97. The second-order valence-corrected chi connectivity index (χ2v) is 10.1. The molecule has 0 saturated heterocycles. The van der Waals surface area contributed by atoms with Crippen LogP contribution in [0.25, 0.3) is 0 Å². The maximum absolute atomic E-state index is 13.5. The number of aryl methyl sites for hydroxylation is 1. The van der Waals surface area contributed by atoms with Crippen LogP contribution in [0.1, 0.15) is 44.5 Å². The third kappa shape index (κ3) is 6.43. The van der Waals surface area contributed by atoms with Gasteiger partial charge in [-0.1, -0.05) is 0 Å². The third-order valence-electron chi connectivity index (χ3n) is 5.13. The Balaban J connectivity index is 2.13. The van der Waals surface area contributed by atoms with Gasteiger partial charge in [-0.15, -0.1) is 10.2 Å². The Bertz CT molecular complexity index is 1520. The highest BCUT2D eigenvalue weighted by Crippen LogP contribution is 2.35. The highest BCUT2D eigenvalue weighted by molar-refractivity contribution is 7.90. The monoisotopic (exact) mass is 555 g/mol. The van der Waals surface area contributed by atoms with Gasteiger partial charge in [-0.2, -0.15) is 13.2 Å². The number of benzene rings is 2. The molecule has 0 spiro atoms. The van der Waals surface area contributed by atoms with Crippen LogP contribution in [0.15, 0.2) is 41.3 Å². The number of carbonyl (C=O) groups excluding carboxylic acids is 2. The van der Waals surface area contributed by atoms with Gasteiger partial charge in [0, 0.05) is 11.9 Å². The molecule has 38 heavy (non-hydrogen) atoms. The largest absolute Gasteiger partial charge is 0.462 e. The smallest absolute Gasteiger partial charge is 0.435 e. The molecule has 3 aromatic rings. The molecular weight excluding hydrogens is 534 g/mol. The Labute approximate surface area is 214 Å². The number of rotatable bonds is 7. The van der Waals surface area contributed by atoms with Crippen LogP contribution in [0.4, 0.5) is 23.2 Å². The molecular formula is C24H21F4N3O6S. The molecule has 0 aliphatic heterocycles. The third-order valence-corrected chi connectivity index (χ3v) is 6.22. The lowest BCUT2D eigenvalue weighted by atomic mass is 10.1. The zero-order chi connectivity index (χ0) is 28.4. The Morgan fingerprint density at radius 1 is 1.05 bits per heavy atom. The maximum atomic E-state index is 13.5. The molecule has 202 valence electrons. The van der Waals surface area contributed by atoms with Gasteiger partial charge >= 0.3 is 12.1 Å². The number of hydrogen-bond donors (Lipinski definition) is 1. The summed E-state index contributed by atoms with van der Waals surface area (Å²) >= 11 is 0. The van der Waals surface area contributed by atoms with Crippen molar-refractivity contribution in [1.82, 2.24) is 10.2 Å². The van der Waals surface area contributed by atoms with Crippen LogP contribution in [0.2, 0.25) is 0 Å². The normalized spacial score (nSPS) is 11.7. The molecule has 0 fully saturated rings. The van der Waals surface area contributed by atoms with E-state index in [0.29, 0.717) is 0 Å². The standard InChI is InChI=1S/C24H21F4N3O6S/c1-5-36-23(33)14-9-16(11-17(10-14)38(4,34)35)29-21(32)19-13(3)20(24(26,27)28)30-31-22(19)37-18-7-6-15(25)8-12(18)2/h6-11H,5H2,1-4H3,(H,29,32). The van der Waals surface area contributed by atoms with Gasteiger partial charge in [-0.3, -0.25) is 4.79 Å². The van der Waals surface area contributed by atoms with Crippen LogP contribution in [-0.2, 0) is 20.8 Å². The summed E-state index contributed by atoms with van der Waals surface area (Å²) in [6.45, 7) is 3.96. The first-order chi connectivity index (χ1) is 17.6. The number of ether oxygens (including phenoxy) is 2. The molecule has 1 N–H and O–H groups in total. The second-order valence-electron chi connectivity index (χ2n) is 8.06. The van der Waals surface area contributed by atoms with Gasteiger partial charge in [0.1, 0.15) is 17.1 Å². The van der Waals surface area contributed by atoms with Crippen LogP contribution < -0.4 is 10.1 Å². The summed E-state index contributed by atoms with van der Waals surface area (Å²) in [5.41, 5.74) is -2.94. The van der Waals surface area contributed by atoms with Gasteiger partial charge in [0.05, 0.1) is 17.1 Å². The van der Waals surface area contributed by atoms with Crippen LogP contribution >= 0.6 is 0 Å². The van der Waals surface area contributed by atoms with Gasteiger partial charge in [0.25, 0.3) is 11.8 Å². The summed E-state index contributed by atoms with van der Waals surface area (Å²) < 4.78 is 88.8. The van der Waals surface area contributed by atoms with Crippen LogP contribution in [0.3, 0.4) is 0 Å². The number of amides is 1. The number of sulfone groups is 1. The molecule has 0 atom stereocenters. The SMILES string of the molecule is CCOC(=O)c1cc(NC(=O)c2c(Oc3ccc(F)cc3C)nnc(C(F)(F)F)c2C)cc(S(C)(=O)=O)c1. The fourth-order valence-electron chi connectivity index (χ4n) is 3.35. The summed E-state index contributed by atoms with van der Waals surface area (Å²) in [5, 5.41) is 8.88. The van der Waals surface area contributed by atoms with Gasteiger partial charge in [-0.25, -0.2) is 17.6 Å². The summed E-state index contributed by atoms with van der Waals surface area (Å²) in [6.07, 6.45) is -4.10. The average molecular weight is 556 g/mol. The Hall–Kier alpha value is -4.07. The Morgan fingerprint density at radius 3 is 2.32 bits per heavy atom. The Kier molecular flexibility index (Phi) is 8.05. The molecule has 0 saturated carbocycles. The summed E-state index contributed by atoms with van der Waals surface area (Å²) in [6, 6.07) is 6.50. The first-order valence-corrected chi connectivity index (χ1v) is 12.7. The number of alkyl halides is 3. The lowest BCUT2D eigenvalue weighted by Crippen LogP contribution is -2.21. The molecule has 1 aromatic heterocycles. The predicted octanol–water partition coefficient (Wildman–Crippen LogP) is 4.88. The number of halogens is 4. The quantitative estimate of drug-likeness (QED) is 0.323. The topological polar surface area (TPSA) is 125 Å². The number of aromatic nitrogens is 2. The van der Waals surface area contributed by atoms with Crippen molar-refractivity contribution in [3.05, 3.63) is 70.2 Å². The van der Waals surface area contributed by atoms with E-state index in [4.69, 9.17) is 9.47 Å². The number of carbonyl (C=O) groups is 2. The van der Waals surface area contributed by atoms with Crippen LogP contribution in [0, 0.1) is 19.7 Å². The number of nitrogens with one attached hydrogen (secondary N) is 1. The van der Waals surface area contributed by atoms with E-state index in [2.05, 4.69) is 15.5 Å². The molecule has 3 rings (SSSR count). The van der Waals surface area contributed by atoms with Crippen molar-refractivity contribution >= 4 is 27.4 Å². The van der Waals surface area contributed by atoms with Crippen molar-refractivity contribution < 1.29 is 45.0 Å². The fraction of sp³-hybridized carbons (Fsp3) is 0.250. The molecule has 1 heterocycles. The van der Waals surface area contributed by atoms with E-state index in [0.717, 1.165) is 43.5 Å². The van der Waals surface area contributed by atoms with E-state index in [1.54, 1.807) is 0 Å². The van der Waals surface area contributed by atoms with E-state index in [1.807, 2.05) is 0 Å². The highest BCUT2D eigenvalue weighted by Gasteiger charge is 2.38. The minimum Gasteiger partial charge on any atom is -0.462 e. The molecule has 9 nitrogen and oxygen atoms in total. The van der Waals surface area contributed by atoms with Gasteiger partial charge < -0.3 is 14.8 Å². The summed E-state index contributed by atoms with van der Waals surface area (Å²) in [7, 11) is -3.87. The predicted molar refractivity (Wildman–Crippen MR) is 126 cm³/mol. The van der Waals surface area contributed by atoms with Gasteiger partial charge in [-0.05, 0) is 68.3 Å². The van der Waals surface area contributed by atoms with Crippen molar-refractivity contribution in [3.8, 4) is 11.6 Å². The van der Waals surface area contributed by atoms with Crippen LogP contribution in [-0.4, -0.2) is 43.4 Å². The number of nitrogens with zero attached hydrogens (tertiary/aromatic N) is 2. The van der Waals surface area contributed by atoms with Crippen molar-refractivity contribution in [2.24, 2.45) is 0 Å². The van der Waals surface area contributed by atoms with Gasteiger partial charge in [0.15, 0.2) is 15.5 Å². The first kappa shape index (κ1) is 28.5. The molecule has 0 unspecified atom stereocenters. The molecule has 1 amide bonds. The van der Waals surface area contributed by atoms with Crippen molar-refractivity contribution in [3.63, 3.8) is 0 Å². The average Bonchev–Trinajstić information content (AvgIpc) is 2.79. The minimum absolute atomic E-state index is 0.00224. The molecule has 0 aliphatic rings. The Morgan fingerprint density at radius 2 is 1.74 bits per heavy atom. The van der Waals surface area contributed by atoms with Crippen molar-refractivity contribution in [2.45, 2.75) is 31.8 Å². The van der Waals surface area contributed by atoms with E-state index in [9.17, 15) is 35.6 Å². The zero-order valence-corrected chi connectivity index (χ0v) is 21.3. The van der Waals surface area contributed by atoms with E-state index in [-0.39, 0.29) is 34.1 Å². The van der Waals surface area contributed by atoms with Crippen LogP contribution in [0.5, 0.6) is 11.6 Å². The summed E-state index contributed by atoms with van der Waals surface area (Å²) in [5.74, 6) is -3.26. The van der Waals surface area contributed by atoms with E-state index >= 15 is 0 Å². The summed E-state index contributed by atoms with van der Waals surface area (Å²) in [4.78, 5) is 25.2. The number of hydrogen-bond acceptors (Lipinski definition) is 8. The first-order valence-electron chi connectivity index (χ1n) is 10.8. The highest BCUT2D eigenvalue weighted by atomic mass is 32.2. The molecule has 0 bridgehead atoms. The second kappa shape index (κ2) is 10.7. The van der Waals surface area contributed by atoms with Gasteiger partial charge in [0.2, 0.25) is 0 Å². The van der Waals surface area contributed by atoms with Crippen molar-refractivity contribution in [1.29, 1.82) is 0 Å². The molecule has 14 heteroatoms. The van der Waals surface area contributed by atoms with Crippen molar-refractivity contribution in [2.75, 3.05) is 18.2 Å². The van der Waals surface area contributed by atoms with E-state index in [1.165, 1.54) is 19.9 Å². The maximum Gasteiger partial charge on any atom is 0.435 e. The lowest BCUT2D eigenvalue weighted by molar-refractivity contribution is -0.142. The molecule has 0 aliphatic carbocycles. The molecule has 0 radical (unpaired) electrons. The fourth-order valence-corrected chi connectivity index (χ4v) is 4.03. The lowest BCUT2D eigenvalue weighted by Gasteiger charge is -2.17. The number of anilines is 1. The molecule has 2 aromatic carbocycles. The zero-order valence-electron chi connectivity index (χ0n) is 20.4.